The molecule has 1 saturated heterocycles. The van der Waals surface area contributed by atoms with E-state index in [0.29, 0.717) is 11.1 Å². The molecule has 5 nitrogen and oxygen atoms in total. The maximum Gasteiger partial charge on any atom is 0.172 e. The molecule has 0 unspecified atom stereocenters. The van der Waals surface area contributed by atoms with Gasteiger partial charge in [-0.05, 0) is 69.1 Å². The van der Waals surface area contributed by atoms with Crippen LogP contribution in [0.1, 0.15) is 29.5 Å². The van der Waals surface area contributed by atoms with Crippen molar-refractivity contribution < 1.29 is 0 Å². The Labute approximate surface area is 235 Å². The van der Waals surface area contributed by atoms with Gasteiger partial charge in [0.2, 0.25) is 0 Å². The highest BCUT2D eigenvalue weighted by atomic mass is 79.9. The molecule has 190 valence electrons. The number of hydrogen-bond donors (Lipinski definition) is 1. The molecule has 1 N–H and O–H groups in total. The van der Waals surface area contributed by atoms with Gasteiger partial charge in [-0.25, -0.2) is 4.98 Å². The van der Waals surface area contributed by atoms with E-state index in [1.165, 1.54) is 27.8 Å². The summed E-state index contributed by atoms with van der Waals surface area (Å²) >= 11 is 10.1. The lowest BCUT2D eigenvalue weighted by Gasteiger charge is -2.33. The third kappa shape index (κ3) is 4.41. The quantitative estimate of drug-likeness (QED) is 0.228. The fourth-order valence-corrected chi connectivity index (χ4v) is 6.43. The number of rotatable bonds is 5. The minimum Gasteiger partial charge on any atom is -0.367 e. The second kappa shape index (κ2) is 9.84. The second-order valence-electron chi connectivity index (χ2n) is 10.3. The van der Waals surface area contributed by atoms with Crippen LogP contribution in [-0.4, -0.2) is 38.6 Å². The van der Waals surface area contributed by atoms with Crippen LogP contribution in [0.25, 0.3) is 28.0 Å². The van der Waals surface area contributed by atoms with Crippen molar-refractivity contribution in [3.8, 4) is 22.4 Å². The largest absolute Gasteiger partial charge is 0.367 e. The normalized spacial score (nSPS) is 15.5. The molecule has 0 radical (unpaired) electrons. The highest BCUT2D eigenvalue weighted by Gasteiger charge is 2.23. The highest BCUT2D eigenvalue weighted by Crippen LogP contribution is 2.37. The molecule has 0 atom stereocenters. The van der Waals surface area contributed by atoms with Crippen molar-refractivity contribution in [2.75, 3.05) is 18.4 Å². The van der Waals surface area contributed by atoms with Gasteiger partial charge in [0.1, 0.15) is 5.82 Å². The van der Waals surface area contributed by atoms with Crippen LogP contribution in [0.4, 0.5) is 5.82 Å². The van der Waals surface area contributed by atoms with E-state index in [4.69, 9.17) is 16.6 Å². The summed E-state index contributed by atoms with van der Waals surface area (Å²) in [6, 6.07) is 26.1. The molecule has 0 saturated carbocycles. The summed E-state index contributed by atoms with van der Waals surface area (Å²) in [7, 11) is 0. The molecule has 5 aromatic rings. The first-order chi connectivity index (χ1) is 18.6. The molecule has 1 aliphatic heterocycles. The van der Waals surface area contributed by atoms with Crippen molar-refractivity contribution in [3.05, 3.63) is 105 Å². The van der Waals surface area contributed by atoms with E-state index in [-0.39, 0.29) is 0 Å². The number of nitrogens with one attached hydrogen (secondary N) is 1. The van der Waals surface area contributed by atoms with E-state index in [1.54, 1.807) is 6.20 Å². The first kappa shape index (κ1) is 23.9. The average Bonchev–Trinajstić information content (AvgIpc) is 3.50. The number of likely N-dealkylation sites (tertiary alicyclic amines) is 1. The molecular weight excluding hydrogens is 558 g/mol. The number of fused-ring (bicyclic) bond motifs is 4. The van der Waals surface area contributed by atoms with Crippen LogP contribution in [0.15, 0.2) is 83.5 Å². The predicted molar refractivity (Wildman–Crippen MR) is 158 cm³/mol. The van der Waals surface area contributed by atoms with Gasteiger partial charge in [-0.2, -0.15) is 9.61 Å². The second-order valence-corrected chi connectivity index (χ2v) is 11.5. The van der Waals surface area contributed by atoms with Crippen molar-refractivity contribution in [3.63, 3.8) is 0 Å². The van der Waals surface area contributed by atoms with Crippen LogP contribution in [0, 0.1) is 0 Å². The SMILES string of the molecule is Clc1ccccc1-c1cc(NC2CCN(Cc3ccc4c(c3)Cc3ccccc3-4)CC2)n2ncc(Br)c2n1. The molecule has 1 fully saturated rings. The number of nitrogens with zero attached hydrogens (tertiary/aromatic N) is 4. The average molecular weight is 585 g/mol. The van der Waals surface area contributed by atoms with Gasteiger partial charge in [0.15, 0.2) is 5.65 Å². The lowest BCUT2D eigenvalue weighted by Crippen LogP contribution is -2.39. The summed E-state index contributed by atoms with van der Waals surface area (Å²) in [5.41, 5.74) is 9.64. The topological polar surface area (TPSA) is 45.5 Å². The minimum atomic E-state index is 0.369. The minimum absolute atomic E-state index is 0.369. The molecular formula is C31H27BrClN5. The molecule has 0 spiro atoms. The molecule has 0 amide bonds. The molecule has 3 heterocycles. The van der Waals surface area contributed by atoms with E-state index in [0.717, 1.165) is 66.1 Å². The third-order valence-electron chi connectivity index (χ3n) is 7.78. The van der Waals surface area contributed by atoms with Gasteiger partial charge < -0.3 is 5.32 Å². The Balaban J connectivity index is 1.05. The molecule has 0 bridgehead atoms. The lowest BCUT2D eigenvalue weighted by atomic mass is 10.0. The summed E-state index contributed by atoms with van der Waals surface area (Å²) < 4.78 is 2.74. The smallest absolute Gasteiger partial charge is 0.172 e. The Bertz CT molecular complexity index is 1650. The Kier molecular flexibility index (Phi) is 6.19. The van der Waals surface area contributed by atoms with Gasteiger partial charge in [-0.15, -0.1) is 0 Å². The first-order valence-corrected chi connectivity index (χ1v) is 14.3. The standard InChI is InChI=1S/C31H27BrClN5/c32-27-18-34-38-30(17-29(36-31(27)38)26-7-3-4-8-28(26)33)35-23-11-13-37(14-12-23)19-20-9-10-25-22(15-20)16-21-5-1-2-6-24(21)25/h1-10,15,17-18,23,35H,11-14,16,19H2. The molecule has 7 heteroatoms. The number of aromatic nitrogens is 3. The van der Waals surface area contributed by atoms with Crippen LogP contribution in [0.3, 0.4) is 0 Å². The first-order valence-electron chi connectivity index (χ1n) is 13.1. The Morgan fingerprint density at radius 3 is 2.50 bits per heavy atom. The summed E-state index contributed by atoms with van der Waals surface area (Å²) in [6.45, 7) is 3.12. The van der Waals surface area contributed by atoms with Gasteiger partial charge in [0.05, 0.1) is 16.4 Å². The zero-order valence-electron chi connectivity index (χ0n) is 20.9. The number of benzene rings is 3. The summed E-state index contributed by atoms with van der Waals surface area (Å²) in [6.07, 6.45) is 4.99. The van der Waals surface area contributed by atoms with E-state index < -0.39 is 0 Å². The molecule has 3 aromatic carbocycles. The van der Waals surface area contributed by atoms with E-state index in [1.807, 2.05) is 28.8 Å². The fraction of sp³-hybridized carbons (Fsp3) is 0.226. The number of hydrogen-bond acceptors (Lipinski definition) is 4. The van der Waals surface area contributed by atoms with Gasteiger partial charge >= 0.3 is 0 Å². The van der Waals surface area contributed by atoms with E-state index in [2.05, 4.69) is 79.8 Å². The van der Waals surface area contributed by atoms with E-state index >= 15 is 0 Å². The predicted octanol–water partition coefficient (Wildman–Crippen LogP) is 7.46. The lowest BCUT2D eigenvalue weighted by molar-refractivity contribution is 0.211. The molecule has 7 rings (SSSR count). The summed E-state index contributed by atoms with van der Waals surface area (Å²) in [4.78, 5) is 7.41. The van der Waals surface area contributed by atoms with Gasteiger partial charge in [-0.1, -0.05) is 72.3 Å². The van der Waals surface area contributed by atoms with Gasteiger partial charge in [0, 0.05) is 42.3 Å². The van der Waals surface area contributed by atoms with Crippen LogP contribution in [-0.2, 0) is 13.0 Å². The number of piperidine rings is 1. The molecule has 2 aromatic heterocycles. The Morgan fingerprint density at radius 1 is 0.895 bits per heavy atom. The van der Waals surface area contributed by atoms with Crippen LogP contribution < -0.4 is 5.32 Å². The maximum atomic E-state index is 6.50. The maximum absolute atomic E-state index is 6.50. The Morgan fingerprint density at radius 2 is 1.66 bits per heavy atom. The Hall–Kier alpha value is -3.19. The molecule has 38 heavy (non-hydrogen) atoms. The number of halogens is 2. The molecule has 1 aliphatic carbocycles. The summed E-state index contributed by atoms with van der Waals surface area (Å²) in [5.74, 6) is 0.937. The van der Waals surface area contributed by atoms with Gasteiger partial charge in [0.25, 0.3) is 0 Å². The zero-order chi connectivity index (χ0) is 25.6. The third-order valence-corrected chi connectivity index (χ3v) is 8.67. The van der Waals surface area contributed by atoms with Crippen molar-refractivity contribution >= 4 is 39.0 Å². The van der Waals surface area contributed by atoms with Crippen molar-refractivity contribution in [2.24, 2.45) is 0 Å². The highest BCUT2D eigenvalue weighted by molar-refractivity contribution is 9.10. The summed E-state index contributed by atoms with van der Waals surface area (Å²) in [5, 5.41) is 9.01. The van der Waals surface area contributed by atoms with Gasteiger partial charge in [-0.3, -0.25) is 4.90 Å². The molecule has 2 aliphatic rings. The van der Waals surface area contributed by atoms with Crippen LogP contribution in [0.2, 0.25) is 5.02 Å². The van der Waals surface area contributed by atoms with Crippen molar-refractivity contribution in [2.45, 2.75) is 31.8 Å². The van der Waals surface area contributed by atoms with E-state index in [9.17, 15) is 0 Å². The zero-order valence-corrected chi connectivity index (χ0v) is 23.2. The fourth-order valence-electron chi connectivity index (χ4n) is 5.85. The van der Waals surface area contributed by atoms with Crippen LogP contribution >= 0.6 is 27.5 Å². The monoisotopic (exact) mass is 583 g/mol. The van der Waals surface area contributed by atoms with Crippen molar-refractivity contribution in [1.29, 1.82) is 0 Å². The van der Waals surface area contributed by atoms with Crippen molar-refractivity contribution in [1.82, 2.24) is 19.5 Å². The van der Waals surface area contributed by atoms with Crippen LogP contribution in [0.5, 0.6) is 0 Å². The number of anilines is 1.